The van der Waals surface area contributed by atoms with Gasteiger partial charge in [-0.15, -0.1) is 0 Å². The third-order valence-corrected chi connectivity index (χ3v) is 6.98. The first-order valence-corrected chi connectivity index (χ1v) is 12.3. The maximum atomic E-state index is 13.5. The van der Waals surface area contributed by atoms with Gasteiger partial charge in [0.05, 0.1) is 29.3 Å². The molecule has 0 N–H and O–H groups in total. The zero-order valence-corrected chi connectivity index (χ0v) is 19.7. The van der Waals surface area contributed by atoms with E-state index < -0.39 is 15.8 Å². The van der Waals surface area contributed by atoms with Gasteiger partial charge in [0.2, 0.25) is 15.7 Å². The SMILES string of the molecule is CCOc1ccc(CC(=O)Oc2c(S(=O)(=O)c3ccccc3)c(C)nn2-c2ccccc2)cc1. The van der Waals surface area contributed by atoms with Gasteiger partial charge in [-0.05, 0) is 55.8 Å². The molecule has 0 atom stereocenters. The van der Waals surface area contributed by atoms with E-state index in [-0.39, 0.29) is 27.8 Å². The summed E-state index contributed by atoms with van der Waals surface area (Å²) in [5.41, 5.74) is 1.52. The Balaban J connectivity index is 1.73. The highest BCUT2D eigenvalue weighted by molar-refractivity contribution is 7.91. The highest BCUT2D eigenvalue weighted by Crippen LogP contribution is 2.34. The van der Waals surface area contributed by atoms with E-state index in [9.17, 15) is 13.2 Å². The molecule has 0 spiro atoms. The molecule has 0 amide bonds. The molecule has 0 aliphatic heterocycles. The Morgan fingerprint density at radius 3 is 2.15 bits per heavy atom. The Morgan fingerprint density at radius 2 is 1.53 bits per heavy atom. The number of rotatable bonds is 8. The van der Waals surface area contributed by atoms with Gasteiger partial charge in [0, 0.05) is 0 Å². The molecular formula is C26H24N2O5S. The third-order valence-electron chi connectivity index (χ3n) is 5.08. The minimum atomic E-state index is -3.99. The van der Waals surface area contributed by atoms with Crippen molar-refractivity contribution in [1.29, 1.82) is 0 Å². The van der Waals surface area contributed by atoms with Crippen LogP contribution < -0.4 is 9.47 Å². The highest BCUT2D eigenvalue weighted by atomic mass is 32.2. The zero-order valence-electron chi connectivity index (χ0n) is 18.8. The first-order valence-electron chi connectivity index (χ1n) is 10.8. The van der Waals surface area contributed by atoms with Crippen LogP contribution in [0.25, 0.3) is 5.69 Å². The number of carbonyl (C=O) groups excluding carboxylic acids is 1. The second kappa shape index (κ2) is 9.93. The Hall–Kier alpha value is -3.91. The van der Waals surface area contributed by atoms with E-state index in [1.807, 2.05) is 13.0 Å². The van der Waals surface area contributed by atoms with Crippen molar-refractivity contribution in [1.82, 2.24) is 9.78 Å². The van der Waals surface area contributed by atoms with Crippen LogP contribution in [-0.2, 0) is 21.1 Å². The Bertz CT molecular complexity index is 1380. The average molecular weight is 477 g/mol. The van der Waals surface area contributed by atoms with E-state index in [4.69, 9.17) is 9.47 Å². The second-order valence-electron chi connectivity index (χ2n) is 7.51. The van der Waals surface area contributed by atoms with Gasteiger partial charge >= 0.3 is 5.97 Å². The summed E-state index contributed by atoms with van der Waals surface area (Å²) >= 11 is 0. The minimum Gasteiger partial charge on any atom is -0.494 e. The number of esters is 1. The second-order valence-corrected chi connectivity index (χ2v) is 9.40. The van der Waals surface area contributed by atoms with Crippen LogP contribution in [0.5, 0.6) is 11.6 Å². The molecule has 0 saturated heterocycles. The van der Waals surface area contributed by atoms with Crippen LogP contribution in [0.15, 0.2) is 94.7 Å². The van der Waals surface area contributed by atoms with Crippen molar-refractivity contribution < 1.29 is 22.7 Å². The number of sulfone groups is 1. The van der Waals surface area contributed by atoms with Crippen LogP contribution in [0.4, 0.5) is 0 Å². The van der Waals surface area contributed by atoms with Crippen LogP contribution in [0.3, 0.4) is 0 Å². The van der Waals surface area contributed by atoms with Crippen molar-refractivity contribution in [2.75, 3.05) is 6.61 Å². The molecule has 1 aromatic heterocycles. The van der Waals surface area contributed by atoms with Crippen LogP contribution in [0.1, 0.15) is 18.2 Å². The molecule has 0 aliphatic carbocycles. The zero-order chi connectivity index (χ0) is 24.1. The lowest BCUT2D eigenvalue weighted by Crippen LogP contribution is -2.16. The largest absolute Gasteiger partial charge is 0.494 e. The molecule has 0 radical (unpaired) electrons. The van der Waals surface area contributed by atoms with Crippen LogP contribution in [-0.4, -0.2) is 30.8 Å². The predicted molar refractivity (Wildman–Crippen MR) is 127 cm³/mol. The summed E-state index contributed by atoms with van der Waals surface area (Å²) in [5.74, 6) is -0.0390. The lowest BCUT2D eigenvalue weighted by Gasteiger charge is -2.11. The number of carbonyl (C=O) groups is 1. The van der Waals surface area contributed by atoms with Gasteiger partial charge in [-0.3, -0.25) is 4.79 Å². The number of para-hydroxylation sites is 1. The smallest absolute Gasteiger partial charge is 0.317 e. The van der Waals surface area contributed by atoms with Crippen LogP contribution in [0, 0.1) is 6.92 Å². The number of aryl methyl sites for hydroxylation is 1. The molecule has 0 fully saturated rings. The van der Waals surface area contributed by atoms with Gasteiger partial charge in [-0.25, -0.2) is 8.42 Å². The first kappa shape index (κ1) is 23.3. The van der Waals surface area contributed by atoms with E-state index in [0.717, 1.165) is 0 Å². The maximum Gasteiger partial charge on any atom is 0.317 e. The maximum absolute atomic E-state index is 13.5. The standard InChI is InChI=1S/C26H24N2O5S/c1-3-32-22-16-14-20(15-17-22)18-24(29)33-26-25(34(30,31)23-12-8-5-9-13-23)19(2)27-28(26)21-10-6-4-7-11-21/h4-17H,3,18H2,1-2H3. The molecule has 174 valence electrons. The molecular weight excluding hydrogens is 452 g/mol. The van der Waals surface area contributed by atoms with Crippen molar-refractivity contribution in [3.8, 4) is 17.3 Å². The molecule has 34 heavy (non-hydrogen) atoms. The molecule has 0 saturated carbocycles. The summed E-state index contributed by atoms with van der Waals surface area (Å²) < 4.78 is 39.5. The normalized spacial score (nSPS) is 11.2. The Morgan fingerprint density at radius 1 is 0.912 bits per heavy atom. The summed E-state index contributed by atoms with van der Waals surface area (Å²) in [6.45, 7) is 4.02. The van der Waals surface area contributed by atoms with Crippen molar-refractivity contribution >= 4 is 15.8 Å². The third kappa shape index (κ3) is 4.87. The lowest BCUT2D eigenvalue weighted by atomic mass is 10.1. The average Bonchev–Trinajstić information content (AvgIpc) is 3.17. The first-order chi connectivity index (χ1) is 16.4. The fourth-order valence-corrected chi connectivity index (χ4v) is 5.07. The summed E-state index contributed by atoms with van der Waals surface area (Å²) in [6.07, 6.45) is -0.0454. The van der Waals surface area contributed by atoms with Gasteiger partial charge in [-0.2, -0.15) is 9.78 Å². The van der Waals surface area contributed by atoms with Gasteiger partial charge in [-0.1, -0.05) is 48.5 Å². The van der Waals surface area contributed by atoms with Crippen molar-refractivity contribution in [3.05, 3.63) is 96.2 Å². The van der Waals surface area contributed by atoms with Crippen molar-refractivity contribution in [2.24, 2.45) is 0 Å². The minimum absolute atomic E-state index is 0.0454. The molecule has 0 unspecified atom stereocenters. The van der Waals surface area contributed by atoms with Crippen molar-refractivity contribution in [2.45, 2.75) is 30.1 Å². The molecule has 0 aliphatic rings. The number of aromatic nitrogens is 2. The number of benzene rings is 3. The van der Waals surface area contributed by atoms with Gasteiger partial charge in [0.1, 0.15) is 5.75 Å². The molecule has 4 rings (SSSR count). The molecule has 1 heterocycles. The van der Waals surface area contributed by atoms with E-state index in [2.05, 4.69) is 5.10 Å². The lowest BCUT2D eigenvalue weighted by molar-refractivity contribution is -0.134. The summed E-state index contributed by atoms with van der Waals surface area (Å²) in [4.78, 5) is 12.9. The molecule has 7 nitrogen and oxygen atoms in total. The molecule has 4 aromatic rings. The quantitative estimate of drug-likeness (QED) is 0.347. The molecule has 3 aromatic carbocycles. The van der Waals surface area contributed by atoms with Crippen molar-refractivity contribution in [3.63, 3.8) is 0 Å². The molecule has 0 bridgehead atoms. The highest BCUT2D eigenvalue weighted by Gasteiger charge is 2.31. The van der Waals surface area contributed by atoms with E-state index in [0.29, 0.717) is 23.6 Å². The fourth-order valence-electron chi connectivity index (χ4n) is 3.53. The number of hydrogen-bond donors (Lipinski definition) is 0. The monoisotopic (exact) mass is 476 g/mol. The number of hydrogen-bond acceptors (Lipinski definition) is 6. The van der Waals surface area contributed by atoms with Crippen LogP contribution >= 0.6 is 0 Å². The topological polar surface area (TPSA) is 87.5 Å². The predicted octanol–water partition coefficient (Wildman–Crippen LogP) is 4.56. The van der Waals surface area contributed by atoms with Gasteiger partial charge < -0.3 is 9.47 Å². The van der Waals surface area contributed by atoms with E-state index in [1.54, 1.807) is 73.7 Å². The summed E-state index contributed by atoms with van der Waals surface area (Å²) in [6, 6.07) is 24.0. The summed E-state index contributed by atoms with van der Waals surface area (Å²) in [5, 5.41) is 4.41. The van der Waals surface area contributed by atoms with Crippen LogP contribution in [0.2, 0.25) is 0 Å². The van der Waals surface area contributed by atoms with Gasteiger partial charge in [0.25, 0.3) is 0 Å². The molecule has 8 heteroatoms. The Kier molecular flexibility index (Phi) is 6.79. The van der Waals surface area contributed by atoms with E-state index in [1.165, 1.54) is 16.8 Å². The van der Waals surface area contributed by atoms with E-state index >= 15 is 0 Å². The number of ether oxygens (including phenoxy) is 2. The fraction of sp³-hybridized carbons (Fsp3) is 0.154. The summed E-state index contributed by atoms with van der Waals surface area (Å²) in [7, 11) is -3.99. The van der Waals surface area contributed by atoms with Gasteiger partial charge in [0.15, 0.2) is 4.90 Å². The Labute approximate surface area is 198 Å². The number of nitrogens with zero attached hydrogens (tertiary/aromatic N) is 2.